The van der Waals surface area contributed by atoms with Gasteiger partial charge in [0.1, 0.15) is 23.8 Å². The molecule has 2 amide bonds. The molecule has 0 unspecified atom stereocenters. The van der Waals surface area contributed by atoms with E-state index in [2.05, 4.69) is 15.5 Å². The Morgan fingerprint density at radius 3 is 1.81 bits per heavy atom. The van der Waals surface area contributed by atoms with Crippen LogP contribution in [0.25, 0.3) is 0 Å². The standard InChI is InChI=1S/C22H29N2O6PS2.C2H5O2/c1-6-31(7-2,9-16(27)23-18-13(3)11-32-20(18)15(26)8-25)10-17(28)24-19-14(4)12-33-21(19)22(29)30-5;1-2-4-3/h11-12,25H,6-10H2,1-5H3,(H-,23,24,26,27,28,29);2,4H,1H3/q;-1/p+1. The van der Waals surface area contributed by atoms with Crippen molar-refractivity contribution < 1.29 is 39.2 Å². The molecule has 37 heavy (non-hydrogen) atoms. The first kappa shape index (κ1) is 32.8. The molecule has 0 aromatic carbocycles. The van der Waals surface area contributed by atoms with Gasteiger partial charge in [0, 0.05) is 7.26 Å². The molecule has 0 bridgehead atoms. The van der Waals surface area contributed by atoms with Crippen molar-refractivity contribution in [3.05, 3.63) is 38.2 Å². The SMILES string of the molecule is CC[P+](CC)(CC(=O)Nc1c(C)csc1C(=O)CO)CC(=O)Nc1c(C)csc1C(=O)OC.C[CH-][OH+][O-]. The summed E-state index contributed by atoms with van der Waals surface area (Å²) in [5.41, 5.74) is 2.41. The second-order valence-electron chi connectivity index (χ2n) is 8.07. The summed E-state index contributed by atoms with van der Waals surface area (Å²) in [6, 6.07) is 0. The van der Waals surface area contributed by atoms with Crippen LogP contribution in [0, 0.1) is 20.5 Å². The maximum atomic E-state index is 13.0. The molecule has 2 aromatic rings. The minimum atomic E-state index is -2.00. The molecular formula is C24H35N2O8PS2. The van der Waals surface area contributed by atoms with E-state index in [4.69, 9.17) is 9.99 Å². The average molecular weight is 575 g/mol. The van der Waals surface area contributed by atoms with E-state index in [-0.39, 0.29) is 24.1 Å². The molecule has 206 valence electrons. The van der Waals surface area contributed by atoms with Crippen molar-refractivity contribution in [1.29, 1.82) is 0 Å². The van der Waals surface area contributed by atoms with Crippen LogP contribution in [-0.4, -0.2) is 71.9 Å². The molecule has 0 saturated carbocycles. The fraction of sp³-hybridized carbons (Fsp3) is 0.458. The van der Waals surface area contributed by atoms with Crippen LogP contribution in [-0.2, 0) is 14.3 Å². The first-order valence-electron chi connectivity index (χ1n) is 11.5. The van der Waals surface area contributed by atoms with Crippen molar-refractivity contribution in [2.24, 2.45) is 0 Å². The fourth-order valence-corrected chi connectivity index (χ4v) is 8.10. The summed E-state index contributed by atoms with van der Waals surface area (Å²) in [5.74, 6) is -1.44. The van der Waals surface area contributed by atoms with Gasteiger partial charge >= 0.3 is 5.97 Å². The van der Waals surface area contributed by atoms with E-state index in [0.29, 0.717) is 33.5 Å². The van der Waals surface area contributed by atoms with Gasteiger partial charge in [-0.1, -0.05) is 0 Å². The van der Waals surface area contributed by atoms with Gasteiger partial charge in [-0.2, -0.15) is 0 Å². The third kappa shape index (κ3) is 9.24. The van der Waals surface area contributed by atoms with Crippen LogP contribution in [0.3, 0.4) is 0 Å². The van der Waals surface area contributed by atoms with Gasteiger partial charge in [-0.05, 0) is 56.2 Å². The van der Waals surface area contributed by atoms with Crippen LogP contribution in [0.1, 0.15) is 51.2 Å². The Morgan fingerprint density at radius 1 is 1.00 bits per heavy atom. The summed E-state index contributed by atoms with van der Waals surface area (Å²) >= 11 is 2.39. The van der Waals surface area contributed by atoms with Gasteiger partial charge in [0.05, 0.1) is 35.7 Å². The monoisotopic (exact) mass is 574 g/mol. The van der Waals surface area contributed by atoms with E-state index in [1.165, 1.54) is 36.4 Å². The zero-order valence-corrected chi connectivity index (χ0v) is 24.4. The van der Waals surface area contributed by atoms with E-state index in [1.54, 1.807) is 24.6 Å². The van der Waals surface area contributed by atoms with E-state index in [1.807, 2.05) is 20.8 Å². The zero-order valence-electron chi connectivity index (χ0n) is 21.9. The molecule has 0 saturated heterocycles. The molecule has 0 aliphatic rings. The number of aryl methyl sites for hydroxylation is 2. The van der Waals surface area contributed by atoms with Gasteiger partial charge < -0.3 is 30.6 Å². The molecule has 0 radical (unpaired) electrons. The molecular weight excluding hydrogens is 539 g/mol. The lowest BCUT2D eigenvalue weighted by molar-refractivity contribution is -0.761. The number of aliphatic hydroxyl groups is 2. The number of rotatable bonds is 12. The molecule has 0 aliphatic heterocycles. The van der Waals surface area contributed by atoms with Crippen molar-refractivity contribution in [2.75, 3.05) is 49.0 Å². The highest BCUT2D eigenvalue weighted by Gasteiger charge is 2.39. The first-order valence-corrected chi connectivity index (χ1v) is 15.7. The van der Waals surface area contributed by atoms with E-state index in [9.17, 15) is 24.3 Å². The number of carbonyl (C=O) groups excluding carboxylic acids is 4. The molecule has 0 atom stereocenters. The molecule has 2 rings (SSSR count). The molecule has 0 spiro atoms. The number of nitrogens with one attached hydrogen (secondary N) is 2. The maximum Gasteiger partial charge on any atom is 0.350 e. The van der Waals surface area contributed by atoms with Gasteiger partial charge in [-0.3, -0.25) is 14.4 Å². The van der Waals surface area contributed by atoms with Crippen molar-refractivity contribution in [2.45, 2.75) is 34.6 Å². The summed E-state index contributed by atoms with van der Waals surface area (Å²) in [5, 5.41) is 27.3. The van der Waals surface area contributed by atoms with Gasteiger partial charge in [-0.15, -0.1) is 29.6 Å². The van der Waals surface area contributed by atoms with E-state index in [0.717, 1.165) is 11.1 Å². The lowest BCUT2D eigenvalue weighted by Gasteiger charge is -2.24. The summed E-state index contributed by atoms with van der Waals surface area (Å²) in [7, 11) is -0.704. The van der Waals surface area contributed by atoms with Crippen LogP contribution < -0.4 is 15.9 Å². The smallest absolute Gasteiger partial charge is 0.350 e. The van der Waals surface area contributed by atoms with Gasteiger partial charge in [0.15, 0.2) is 5.78 Å². The second kappa shape index (κ2) is 15.9. The molecule has 0 fully saturated rings. The quantitative estimate of drug-likeness (QED) is 0.0665. The Kier molecular flexibility index (Phi) is 14.1. The summed E-state index contributed by atoms with van der Waals surface area (Å²) in [6.45, 7) is 9.70. The summed E-state index contributed by atoms with van der Waals surface area (Å²) in [6.07, 6.45) is 1.79. The Morgan fingerprint density at radius 2 is 1.43 bits per heavy atom. The van der Waals surface area contributed by atoms with Crippen LogP contribution in [0.15, 0.2) is 10.8 Å². The highest BCUT2D eigenvalue weighted by molar-refractivity contribution is 7.77. The maximum absolute atomic E-state index is 13.0. The lowest BCUT2D eigenvalue weighted by atomic mass is 10.2. The number of thiophene rings is 2. The van der Waals surface area contributed by atoms with E-state index < -0.39 is 25.6 Å². The molecule has 10 nitrogen and oxygen atoms in total. The molecule has 4 N–H and O–H groups in total. The van der Waals surface area contributed by atoms with Crippen molar-refractivity contribution in [3.63, 3.8) is 0 Å². The number of anilines is 2. The minimum absolute atomic E-state index is 0.196. The Hall–Kier alpha value is -2.21. The topological polar surface area (TPSA) is 158 Å². The number of methoxy groups -OCH3 is 1. The number of esters is 1. The van der Waals surface area contributed by atoms with Crippen LogP contribution >= 0.6 is 29.9 Å². The van der Waals surface area contributed by atoms with Crippen molar-refractivity contribution >= 4 is 64.9 Å². The van der Waals surface area contributed by atoms with Gasteiger partial charge in [0.25, 0.3) is 11.8 Å². The predicted molar refractivity (Wildman–Crippen MR) is 148 cm³/mol. The third-order valence-electron chi connectivity index (χ3n) is 5.65. The normalized spacial score (nSPS) is 10.8. The highest BCUT2D eigenvalue weighted by atomic mass is 32.1. The molecule has 0 aliphatic carbocycles. The first-order chi connectivity index (χ1) is 17.5. The predicted octanol–water partition coefficient (Wildman–Crippen LogP) is 3.56. The number of amides is 2. The van der Waals surface area contributed by atoms with Gasteiger partial charge in [0.2, 0.25) is 0 Å². The number of ether oxygens (including phenoxy) is 1. The Balaban J connectivity index is 0.00000159. The summed E-state index contributed by atoms with van der Waals surface area (Å²) in [4.78, 5) is 52.9. The van der Waals surface area contributed by atoms with Gasteiger partial charge in [-0.25, -0.2) is 4.79 Å². The molecule has 2 heterocycles. The largest absolute Gasteiger partial charge is 0.588 e. The number of aliphatic hydroxyl groups excluding tert-OH is 1. The number of hydrogen-bond acceptors (Lipinski definition) is 9. The minimum Gasteiger partial charge on any atom is -0.588 e. The van der Waals surface area contributed by atoms with Crippen LogP contribution in [0.5, 0.6) is 0 Å². The van der Waals surface area contributed by atoms with Crippen LogP contribution in [0.4, 0.5) is 11.4 Å². The number of Topliss-reactive ketones (excluding diaryl/α,β-unsaturated/α-hetero) is 1. The van der Waals surface area contributed by atoms with Crippen molar-refractivity contribution in [3.8, 4) is 0 Å². The lowest BCUT2D eigenvalue weighted by Crippen LogP contribution is -2.28. The number of ketones is 1. The zero-order chi connectivity index (χ0) is 28.2. The molecule has 2 aromatic heterocycles. The molecule has 13 heteroatoms. The third-order valence-corrected chi connectivity index (χ3v) is 12.5. The Labute approximate surface area is 225 Å². The fourth-order valence-electron chi connectivity index (χ4n) is 3.41. The van der Waals surface area contributed by atoms with Crippen LogP contribution in [0.2, 0.25) is 0 Å². The number of hydrogen-bond donors (Lipinski definition) is 3. The second-order valence-corrected chi connectivity index (χ2v) is 14.4. The summed E-state index contributed by atoms with van der Waals surface area (Å²) < 4.78 is 4.80. The van der Waals surface area contributed by atoms with Crippen molar-refractivity contribution in [1.82, 2.24) is 0 Å². The Bertz CT molecular complexity index is 999. The highest BCUT2D eigenvalue weighted by Crippen LogP contribution is 2.58. The van der Waals surface area contributed by atoms with E-state index >= 15 is 0 Å². The average Bonchev–Trinajstić information content (AvgIpc) is 3.44. The number of carbonyl (C=O) groups is 4.